The van der Waals surface area contributed by atoms with Crippen LogP contribution in [0.2, 0.25) is 0 Å². The molecule has 0 bridgehead atoms. The lowest BCUT2D eigenvalue weighted by Gasteiger charge is -2.34. The first-order valence-electron chi connectivity index (χ1n) is 7.23. The molecule has 20 heavy (non-hydrogen) atoms. The molecule has 0 radical (unpaired) electrons. The molecule has 2 heterocycles. The number of aryl methyl sites for hydroxylation is 1. The Kier molecular flexibility index (Phi) is 3.47. The number of carbonyl (C=O) groups excluding carboxylic acids is 1. The van der Waals surface area contributed by atoms with E-state index in [9.17, 15) is 4.79 Å². The number of pyridine rings is 1. The molecule has 0 fully saturated rings. The van der Waals surface area contributed by atoms with Gasteiger partial charge in [-0.15, -0.1) is 0 Å². The summed E-state index contributed by atoms with van der Waals surface area (Å²) in [5, 5.41) is 0. The van der Waals surface area contributed by atoms with E-state index in [1.165, 1.54) is 0 Å². The van der Waals surface area contributed by atoms with Crippen LogP contribution in [0, 0.1) is 18.8 Å². The molecule has 2 atom stereocenters. The lowest BCUT2D eigenvalue weighted by Crippen LogP contribution is -2.43. The third-order valence-corrected chi connectivity index (χ3v) is 4.16. The number of fused-ring (bicyclic) bond motifs is 1. The Balaban J connectivity index is 1.88. The first-order valence-corrected chi connectivity index (χ1v) is 7.23. The standard InChI is InChI=1S/C16H20N2O2/c1-11-5-3-4-6-13(11)16(19)18-9-10-20-15-14(18)8-7-12(2)17-15/h3-4,7-8,11,13H,5-6,9-10H2,1-2H3/t11-,13-/m1/s1. The van der Waals surface area contributed by atoms with Crippen molar-refractivity contribution in [3.63, 3.8) is 0 Å². The summed E-state index contributed by atoms with van der Waals surface area (Å²) in [4.78, 5) is 19.1. The second-order valence-electron chi connectivity index (χ2n) is 5.64. The topological polar surface area (TPSA) is 42.4 Å². The highest BCUT2D eigenvalue weighted by atomic mass is 16.5. The largest absolute Gasteiger partial charge is 0.474 e. The van der Waals surface area contributed by atoms with Gasteiger partial charge in [-0.2, -0.15) is 0 Å². The minimum absolute atomic E-state index is 0.0762. The van der Waals surface area contributed by atoms with Gasteiger partial charge in [0.2, 0.25) is 11.8 Å². The zero-order valence-corrected chi connectivity index (χ0v) is 12.0. The average Bonchev–Trinajstić information content (AvgIpc) is 2.46. The molecule has 106 valence electrons. The molecule has 0 saturated heterocycles. The Morgan fingerprint density at radius 2 is 2.15 bits per heavy atom. The van der Waals surface area contributed by atoms with Crippen molar-refractivity contribution in [3.05, 3.63) is 30.0 Å². The number of hydrogen-bond donors (Lipinski definition) is 0. The zero-order valence-electron chi connectivity index (χ0n) is 12.0. The van der Waals surface area contributed by atoms with E-state index in [2.05, 4.69) is 24.1 Å². The second-order valence-corrected chi connectivity index (χ2v) is 5.64. The Morgan fingerprint density at radius 3 is 2.95 bits per heavy atom. The average molecular weight is 272 g/mol. The maximum Gasteiger partial charge on any atom is 0.238 e. The van der Waals surface area contributed by atoms with Crippen LogP contribution in [0.4, 0.5) is 5.69 Å². The van der Waals surface area contributed by atoms with Crippen molar-refractivity contribution in [1.82, 2.24) is 4.98 Å². The Labute approximate surface area is 119 Å². The maximum atomic E-state index is 12.8. The van der Waals surface area contributed by atoms with Crippen LogP contribution in [0.5, 0.6) is 5.88 Å². The van der Waals surface area contributed by atoms with Crippen LogP contribution in [-0.2, 0) is 4.79 Å². The fraction of sp³-hybridized carbons (Fsp3) is 0.500. The first-order chi connectivity index (χ1) is 9.66. The Morgan fingerprint density at radius 1 is 1.35 bits per heavy atom. The van der Waals surface area contributed by atoms with Crippen LogP contribution in [0.15, 0.2) is 24.3 Å². The predicted octanol–water partition coefficient (Wildman–Crippen LogP) is 2.72. The van der Waals surface area contributed by atoms with Gasteiger partial charge in [-0.05, 0) is 37.8 Å². The fourth-order valence-electron chi connectivity index (χ4n) is 2.91. The molecule has 4 heteroatoms. The second kappa shape index (κ2) is 5.27. The van der Waals surface area contributed by atoms with Gasteiger partial charge in [-0.25, -0.2) is 4.98 Å². The van der Waals surface area contributed by atoms with E-state index in [0.29, 0.717) is 24.9 Å². The third kappa shape index (κ3) is 2.30. The first kappa shape index (κ1) is 13.2. The van der Waals surface area contributed by atoms with Gasteiger partial charge in [0.15, 0.2) is 0 Å². The number of carbonyl (C=O) groups is 1. The molecule has 1 aromatic heterocycles. The lowest BCUT2D eigenvalue weighted by molar-refractivity contribution is -0.124. The molecule has 0 aromatic carbocycles. The highest BCUT2D eigenvalue weighted by Gasteiger charge is 2.33. The highest BCUT2D eigenvalue weighted by molar-refractivity contribution is 5.96. The van der Waals surface area contributed by atoms with E-state index >= 15 is 0 Å². The predicted molar refractivity (Wildman–Crippen MR) is 77.9 cm³/mol. The summed E-state index contributed by atoms with van der Waals surface area (Å²) < 4.78 is 5.58. The lowest BCUT2D eigenvalue weighted by atomic mass is 9.83. The molecule has 0 spiro atoms. The van der Waals surface area contributed by atoms with Gasteiger partial charge in [0.25, 0.3) is 0 Å². The van der Waals surface area contributed by atoms with Crippen molar-refractivity contribution >= 4 is 11.6 Å². The van der Waals surface area contributed by atoms with Crippen molar-refractivity contribution in [3.8, 4) is 5.88 Å². The van der Waals surface area contributed by atoms with Crippen LogP contribution >= 0.6 is 0 Å². The van der Waals surface area contributed by atoms with Crippen LogP contribution in [0.3, 0.4) is 0 Å². The van der Waals surface area contributed by atoms with E-state index in [-0.39, 0.29) is 11.8 Å². The van der Waals surface area contributed by atoms with Gasteiger partial charge < -0.3 is 9.64 Å². The SMILES string of the molecule is Cc1ccc2c(n1)OCCN2C(=O)[C@@H]1CC=CC[C@H]1C. The van der Waals surface area contributed by atoms with Crippen LogP contribution < -0.4 is 9.64 Å². The van der Waals surface area contributed by atoms with Crippen LogP contribution in [0.25, 0.3) is 0 Å². The fourth-order valence-corrected chi connectivity index (χ4v) is 2.91. The monoisotopic (exact) mass is 272 g/mol. The molecule has 1 amide bonds. The summed E-state index contributed by atoms with van der Waals surface area (Å²) >= 11 is 0. The van der Waals surface area contributed by atoms with E-state index in [0.717, 1.165) is 24.2 Å². The Bertz CT molecular complexity index is 553. The van der Waals surface area contributed by atoms with Gasteiger partial charge in [-0.3, -0.25) is 4.79 Å². The third-order valence-electron chi connectivity index (χ3n) is 4.16. The number of ether oxygens (including phenoxy) is 1. The molecule has 4 nitrogen and oxygen atoms in total. The van der Waals surface area contributed by atoms with Gasteiger partial charge >= 0.3 is 0 Å². The van der Waals surface area contributed by atoms with E-state index < -0.39 is 0 Å². The number of rotatable bonds is 1. The maximum absolute atomic E-state index is 12.8. The minimum atomic E-state index is 0.0762. The van der Waals surface area contributed by atoms with Gasteiger partial charge in [0, 0.05) is 11.6 Å². The zero-order chi connectivity index (χ0) is 14.1. The molecule has 1 aliphatic carbocycles. The Hall–Kier alpha value is -1.84. The number of aromatic nitrogens is 1. The van der Waals surface area contributed by atoms with Crippen molar-refractivity contribution in [2.45, 2.75) is 26.7 Å². The van der Waals surface area contributed by atoms with Gasteiger partial charge in [0.05, 0.1) is 6.54 Å². The van der Waals surface area contributed by atoms with Crippen LogP contribution in [-0.4, -0.2) is 24.0 Å². The van der Waals surface area contributed by atoms with Crippen molar-refractivity contribution in [2.24, 2.45) is 11.8 Å². The molecule has 2 aliphatic rings. The van der Waals surface area contributed by atoms with Crippen molar-refractivity contribution in [2.75, 3.05) is 18.1 Å². The summed E-state index contributed by atoms with van der Waals surface area (Å²) in [6, 6.07) is 3.87. The smallest absolute Gasteiger partial charge is 0.238 e. The summed E-state index contributed by atoms with van der Waals surface area (Å²) in [7, 11) is 0. The molecule has 1 aliphatic heterocycles. The molecule has 3 rings (SSSR count). The molecule has 1 aromatic rings. The molecular weight excluding hydrogens is 252 g/mol. The minimum Gasteiger partial charge on any atom is -0.474 e. The normalized spacial score (nSPS) is 25.0. The summed E-state index contributed by atoms with van der Waals surface area (Å²) in [6.45, 7) is 5.22. The number of allylic oxidation sites excluding steroid dienone is 2. The van der Waals surface area contributed by atoms with Crippen molar-refractivity contribution < 1.29 is 9.53 Å². The number of nitrogens with zero attached hydrogens (tertiary/aromatic N) is 2. The molecule has 0 N–H and O–H groups in total. The van der Waals surface area contributed by atoms with E-state index in [4.69, 9.17) is 4.74 Å². The van der Waals surface area contributed by atoms with E-state index in [1.807, 2.05) is 24.0 Å². The number of hydrogen-bond acceptors (Lipinski definition) is 3. The summed E-state index contributed by atoms with van der Waals surface area (Å²) in [5.41, 5.74) is 1.72. The van der Waals surface area contributed by atoms with Gasteiger partial charge in [0.1, 0.15) is 12.3 Å². The molecular formula is C16H20N2O2. The number of anilines is 1. The summed E-state index contributed by atoms with van der Waals surface area (Å²) in [6.07, 6.45) is 6.12. The highest BCUT2D eigenvalue weighted by Crippen LogP contribution is 2.34. The number of amides is 1. The van der Waals surface area contributed by atoms with Gasteiger partial charge in [-0.1, -0.05) is 19.1 Å². The summed E-state index contributed by atoms with van der Waals surface area (Å²) in [5.74, 6) is 1.27. The van der Waals surface area contributed by atoms with E-state index in [1.54, 1.807) is 0 Å². The molecule has 0 unspecified atom stereocenters. The molecule has 0 saturated carbocycles. The quantitative estimate of drug-likeness (QED) is 0.738. The van der Waals surface area contributed by atoms with Crippen molar-refractivity contribution in [1.29, 1.82) is 0 Å². The van der Waals surface area contributed by atoms with Crippen LogP contribution in [0.1, 0.15) is 25.5 Å².